The Bertz CT molecular complexity index is 880. The molecular weight excluding hydrogens is 395 g/mol. The second kappa shape index (κ2) is 7.20. The monoisotopic (exact) mass is 411 g/mol. The van der Waals surface area contributed by atoms with Crippen molar-refractivity contribution in [2.45, 2.75) is 37.0 Å². The molecule has 148 valence electrons. The minimum atomic E-state index is -4.80. The van der Waals surface area contributed by atoms with Crippen LogP contribution in [0.15, 0.2) is 47.6 Å². The Labute approximate surface area is 162 Å². The van der Waals surface area contributed by atoms with Gasteiger partial charge in [0.25, 0.3) is 5.24 Å². The fourth-order valence-corrected chi connectivity index (χ4v) is 4.83. The number of para-hydroxylation sites is 2. The highest BCUT2D eigenvalue weighted by Gasteiger charge is 2.42. The maximum Gasteiger partial charge on any atom is 0.573 e. The topological polar surface area (TPSA) is 64.6 Å². The Morgan fingerprint density at radius 2 is 1.89 bits per heavy atom. The van der Waals surface area contributed by atoms with E-state index < -0.39 is 17.7 Å². The van der Waals surface area contributed by atoms with Crippen LogP contribution in [0.3, 0.4) is 0 Å². The Balaban J connectivity index is 1.46. The number of imide groups is 1. The molecule has 2 amide bonds. The van der Waals surface area contributed by atoms with Crippen LogP contribution in [0.2, 0.25) is 0 Å². The molecule has 0 radical (unpaired) electrons. The van der Waals surface area contributed by atoms with Gasteiger partial charge < -0.3 is 9.47 Å². The highest BCUT2D eigenvalue weighted by Crippen LogP contribution is 2.45. The molecule has 2 unspecified atom stereocenters. The van der Waals surface area contributed by atoms with Gasteiger partial charge in [0, 0.05) is 12.3 Å². The third-order valence-electron chi connectivity index (χ3n) is 4.94. The third kappa shape index (κ3) is 3.89. The largest absolute Gasteiger partial charge is 0.573 e. The summed E-state index contributed by atoms with van der Waals surface area (Å²) >= 11 is 1.02. The number of hydrogen-bond donors (Lipinski definition) is 1. The first-order valence-corrected chi connectivity index (χ1v) is 9.61. The normalized spacial score (nSPS) is 27.0. The third-order valence-corrected chi connectivity index (χ3v) is 6.05. The van der Waals surface area contributed by atoms with Crippen LogP contribution >= 0.6 is 11.8 Å². The van der Waals surface area contributed by atoms with Crippen molar-refractivity contribution < 1.29 is 32.2 Å². The van der Waals surface area contributed by atoms with Crippen molar-refractivity contribution in [3.63, 3.8) is 0 Å². The lowest BCUT2D eigenvalue weighted by molar-refractivity contribution is -0.275. The number of benzene rings is 1. The molecule has 1 saturated heterocycles. The molecule has 1 aromatic rings. The summed E-state index contributed by atoms with van der Waals surface area (Å²) in [6.45, 7) is 0. The van der Waals surface area contributed by atoms with Crippen LogP contribution in [-0.4, -0.2) is 28.9 Å². The molecule has 3 atom stereocenters. The smallest absolute Gasteiger partial charge is 0.482 e. The van der Waals surface area contributed by atoms with Gasteiger partial charge in [-0.3, -0.25) is 14.9 Å². The van der Waals surface area contributed by atoms with E-state index in [1.165, 1.54) is 18.2 Å². The van der Waals surface area contributed by atoms with Crippen molar-refractivity contribution in [2.24, 2.45) is 5.92 Å². The van der Waals surface area contributed by atoms with E-state index in [1.807, 2.05) is 6.08 Å². The molecule has 4 rings (SSSR count). The van der Waals surface area contributed by atoms with Gasteiger partial charge in [0.05, 0.1) is 0 Å². The molecule has 1 fully saturated rings. The lowest BCUT2D eigenvalue weighted by Crippen LogP contribution is -2.29. The molecular formula is C19H16F3NO4S. The van der Waals surface area contributed by atoms with Crippen LogP contribution in [0.4, 0.5) is 18.0 Å². The van der Waals surface area contributed by atoms with Gasteiger partial charge in [-0.1, -0.05) is 35.5 Å². The summed E-state index contributed by atoms with van der Waals surface area (Å²) in [6.07, 6.45) is 0.466. The molecule has 1 aromatic carbocycles. The van der Waals surface area contributed by atoms with E-state index in [9.17, 15) is 22.8 Å². The zero-order valence-corrected chi connectivity index (χ0v) is 15.3. The number of rotatable bonds is 4. The Hall–Kier alpha value is -2.42. The standard InChI is InChI=1S/C19H16F3NO4S/c20-19(21,22)27-15-4-2-1-3-14(15)26-11-6-8-12-10(9-11)5-7-13(12)16-17(24)23-18(25)28-16/h1-4,6,8,11,13,16H,5,7,9H2,(H,23,24,25)/t11?,13-,16?/m1/s1. The number of ether oxygens (including phenoxy) is 2. The van der Waals surface area contributed by atoms with Crippen LogP contribution in [-0.2, 0) is 4.79 Å². The predicted molar refractivity (Wildman–Crippen MR) is 96.0 cm³/mol. The van der Waals surface area contributed by atoms with Crippen molar-refractivity contribution in [3.05, 3.63) is 47.6 Å². The number of alkyl halides is 3. The van der Waals surface area contributed by atoms with E-state index >= 15 is 0 Å². The van der Waals surface area contributed by atoms with Gasteiger partial charge in [-0.15, -0.1) is 13.2 Å². The number of thioether (sulfide) groups is 1. The summed E-state index contributed by atoms with van der Waals surface area (Å²) in [5, 5.41) is 1.56. The molecule has 5 nitrogen and oxygen atoms in total. The molecule has 0 spiro atoms. The van der Waals surface area contributed by atoms with Crippen molar-refractivity contribution in [2.75, 3.05) is 0 Å². The maximum absolute atomic E-state index is 12.6. The number of halogens is 3. The highest BCUT2D eigenvalue weighted by atomic mass is 32.2. The van der Waals surface area contributed by atoms with Gasteiger partial charge in [0.2, 0.25) is 5.91 Å². The summed E-state index contributed by atoms with van der Waals surface area (Å²) in [6, 6.07) is 5.66. The van der Waals surface area contributed by atoms with Crippen molar-refractivity contribution in [1.82, 2.24) is 5.32 Å². The Morgan fingerprint density at radius 1 is 1.14 bits per heavy atom. The minimum absolute atomic E-state index is 0.0180. The predicted octanol–water partition coefficient (Wildman–Crippen LogP) is 4.35. The summed E-state index contributed by atoms with van der Waals surface area (Å²) in [4.78, 5) is 23.4. The number of carbonyl (C=O) groups excluding carboxylic acids is 2. The molecule has 1 N–H and O–H groups in total. The first-order valence-electron chi connectivity index (χ1n) is 8.73. The molecule has 0 saturated carbocycles. The molecule has 28 heavy (non-hydrogen) atoms. The number of carbonyl (C=O) groups is 2. The number of amides is 2. The number of hydrogen-bond acceptors (Lipinski definition) is 5. The molecule has 2 aliphatic carbocycles. The van der Waals surface area contributed by atoms with E-state index in [0.29, 0.717) is 6.42 Å². The number of nitrogens with one attached hydrogen (secondary N) is 1. The summed E-state index contributed by atoms with van der Waals surface area (Å²) in [5.74, 6) is -0.669. The molecule has 1 aliphatic heterocycles. The van der Waals surface area contributed by atoms with E-state index in [1.54, 1.807) is 12.1 Å². The fourth-order valence-electron chi connectivity index (χ4n) is 3.82. The zero-order chi connectivity index (χ0) is 19.9. The van der Waals surface area contributed by atoms with Gasteiger partial charge in [-0.2, -0.15) is 0 Å². The fraction of sp³-hybridized carbons (Fsp3) is 0.368. The number of allylic oxidation sites excluding steroid dienone is 2. The summed E-state index contributed by atoms with van der Waals surface area (Å²) in [5.41, 5.74) is 2.14. The zero-order valence-electron chi connectivity index (χ0n) is 14.5. The molecule has 0 bridgehead atoms. The minimum Gasteiger partial charge on any atom is -0.482 e. The Morgan fingerprint density at radius 3 is 2.57 bits per heavy atom. The van der Waals surface area contributed by atoms with E-state index in [0.717, 1.165) is 35.7 Å². The highest BCUT2D eigenvalue weighted by molar-refractivity contribution is 8.15. The van der Waals surface area contributed by atoms with Gasteiger partial charge in [0.15, 0.2) is 11.5 Å². The quantitative estimate of drug-likeness (QED) is 0.798. The molecule has 3 aliphatic rings. The summed E-state index contributed by atoms with van der Waals surface area (Å²) < 4.78 is 47.5. The lowest BCUT2D eigenvalue weighted by atomic mass is 9.91. The van der Waals surface area contributed by atoms with Crippen LogP contribution in [0.5, 0.6) is 11.5 Å². The first kappa shape index (κ1) is 18.9. The SMILES string of the molecule is O=C1NC(=O)C([C@@H]2CCC3=C2C=CC(Oc2ccccc2OC(F)(F)F)C3)S1. The van der Waals surface area contributed by atoms with Crippen LogP contribution in [0, 0.1) is 5.92 Å². The summed E-state index contributed by atoms with van der Waals surface area (Å²) in [7, 11) is 0. The molecule has 0 aromatic heterocycles. The second-order valence-corrected chi connectivity index (χ2v) is 7.85. The van der Waals surface area contributed by atoms with Crippen molar-refractivity contribution in [3.8, 4) is 11.5 Å². The van der Waals surface area contributed by atoms with Crippen LogP contribution in [0.25, 0.3) is 0 Å². The second-order valence-electron chi connectivity index (χ2n) is 6.73. The van der Waals surface area contributed by atoms with E-state index in [-0.39, 0.29) is 28.6 Å². The van der Waals surface area contributed by atoms with Gasteiger partial charge in [0.1, 0.15) is 11.4 Å². The van der Waals surface area contributed by atoms with E-state index in [2.05, 4.69) is 10.1 Å². The molecule has 9 heteroatoms. The van der Waals surface area contributed by atoms with Crippen molar-refractivity contribution >= 4 is 22.9 Å². The average Bonchev–Trinajstić information content (AvgIpc) is 3.17. The van der Waals surface area contributed by atoms with Crippen LogP contribution in [0.1, 0.15) is 19.3 Å². The average molecular weight is 411 g/mol. The van der Waals surface area contributed by atoms with Crippen LogP contribution < -0.4 is 14.8 Å². The van der Waals surface area contributed by atoms with Gasteiger partial charge in [-0.25, -0.2) is 0 Å². The van der Waals surface area contributed by atoms with Crippen molar-refractivity contribution in [1.29, 1.82) is 0 Å². The maximum atomic E-state index is 12.6. The van der Waals surface area contributed by atoms with Gasteiger partial charge in [-0.05, 0) is 36.6 Å². The lowest BCUT2D eigenvalue weighted by Gasteiger charge is -2.24. The first-order chi connectivity index (χ1) is 13.3. The molecule has 1 heterocycles. The Kier molecular flexibility index (Phi) is 4.86. The van der Waals surface area contributed by atoms with E-state index in [4.69, 9.17) is 4.74 Å². The van der Waals surface area contributed by atoms with Gasteiger partial charge >= 0.3 is 6.36 Å².